The third-order valence-corrected chi connectivity index (χ3v) is 1.37. The molecule has 0 radical (unpaired) electrons. The second-order valence-corrected chi connectivity index (χ2v) is 2.46. The third-order valence-electron chi connectivity index (χ3n) is 0.930. The Morgan fingerprint density at radius 3 is 1.80 bits per heavy atom. The summed E-state index contributed by atoms with van der Waals surface area (Å²) < 4.78 is 12.1. The van der Waals surface area contributed by atoms with Gasteiger partial charge < -0.3 is 19.1 Å². The van der Waals surface area contributed by atoms with Crippen LogP contribution in [0.1, 0.15) is 13.8 Å². The van der Waals surface area contributed by atoms with E-state index < -0.39 is 28.9 Å². The van der Waals surface area contributed by atoms with E-state index in [1.165, 1.54) is 0 Å². The van der Waals surface area contributed by atoms with Crippen LogP contribution in [0.25, 0.3) is 0 Å². The van der Waals surface area contributed by atoms with Crippen molar-refractivity contribution in [3.8, 4) is 0 Å². The van der Waals surface area contributed by atoms with Crippen LogP contribution in [0.2, 0.25) is 0 Å². The number of Topliss-reactive ketones (excluding diaryl/α,β-unsaturated/α-hetero) is 2. The number of hydrogen-bond donors (Lipinski definition) is 0. The van der Waals surface area contributed by atoms with Crippen molar-refractivity contribution in [2.75, 3.05) is 0 Å². The van der Waals surface area contributed by atoms with Crippen LogP contribution in [-0.2, 0) is 45.0 Å². The molecule has 0 aromatic rings. The molecule has 0 N–H and O–H groups in total. The van der Waals surface area contributed by atoms with Gasteiger partial charge in [-0.1, -0.05) is 0 Å². The second-order valence-electron chi connectivity index (χ2n) is 2.08. The van der Waals surface area contributed by atoms with Gasteiger partial charge in [0.15, 0.2) is 0 Å². The predicted molar refractivity (Wildman–Crippen MR) is 42.2 cm³/mol. The quantitative estimate of drug-likeness (QED) is 0.308. The minimum atomic E-state index is -1.45. The Kier molecular flexibility index (Phi) is 9.15. The topological polar surface area (TPSA) is 94.6 Å². The fourth-order valence-electron chi connectivity index (χ4n) is 0.426. The molecule has 0 rings (SSSR count). The summed E-state index contributed by atoms with van der Waals surface area (Å²) in [5, 5.41) is -0.772. The number of hydrogen-bond acceptors (Lipinski definition) is 6. The molecule has 6 nitrogen and oxygen atoms in total. The molecule has 0 aromatic carbocycles. The monoisotopic (exact) mass is 272 g/mol. The molecule has 0 fully saturated rings. The molecule has 8 heteroatoms. The zero-order valence-corrected chi connectivity index (χ0v) is 9.93. The maximum absolute atomic E-state index is 10.8. The molecular weight excluding hydrogens is 266 g/mol. The van der Waals surface area contributed by atoms with E-state index >= 15 is 0 Å². The van der Waals surface area contributed by atoms with E-state index in [0.29, 0.717) is 0 Å². The summed E-state index contributed by atoms with van der Waals surface area (Å²) in [6.45, 7) is 1.97. The standard InChI is InChI=1S/C7H6ClO5.O.V/c1-3(9)5(8)6(11)7(12)13-4(2)10;;/h1-2H3;;/q-1;;. The maximum atomic E-state index is 10.8. The van der Waals surface area contributed by atoms with E-state index in [1.807, 2.05) is 0 Å². The SMILES string of the molecule is CC(=O)OC(=O)C(=O)[C-](Cl)C(C)=O.[O]=[V]. The van der Waals surface area contributed by atoms with E-state index in [0.717, 1.165) is 31.2 Å². The fraction of sp³-hybridized carbons (Fsp3) is 0.286. The van der Waals surface area contributed by atoms with Crippen LogP contribution in [0.15, 0.2) is 0 Å². The average molecular weight is 273 g/mol. The number of ether oxygens (including phenoxy) is 1. The number of esters is 2. The molecule has 0 atom stereocenters. The van der Waals surface area contributed by atoms with Crippen molar-refractivity contribution >= 4 is 35.1 Å². The van der Waals surface area contributed by atoms with Gasteiger partial charge in [-0.25, -0.2) is 0 Å². The van der Waals surface area contributed by atoms with Gasteiger partial charge in [0.2, 0.25) is 5.97 Å². The van der Waals surface area contributed by atoms with E-state index in [2.05, 4.69) is 4.74 Å². The number of halogens is 1. The summed E-state index contributed by atoms with van der Waals surface area (Å²) in [5.74, 6) is -4.46. The van der Waals surface area contributed by atoms with Crippen molar-refractivity contribution < 1.29 is 45.0 Å². The van der Waals surface area contributed by atoms with Crippen LogP contribution < -0.4 is 0 Å². The molecule has 0 aliphatic rings. The first-order chi connectivity index (χ1) is 6.86. The third kappa shape index (κ3) is 7.01. The molecule has 0 saturated carbocycles. The van der Waals surface area contributed by atoms with Crippen LogP contribution >= 0.6 is 11.6 Å². The van der Waals surface area contributed by atoms with Crippen molar-refractivity contribution in [1.29, 1.82) is 0 Å². The van der Waals surface area contributed by atoms with Gasteiger partial charge >= 0.3 is 21.0 Å². The number of carbonyl (C=O) groups excluding carboxylic acids is 4. The first kappa shape index (κ1) is 16.5. The normalized spacial score (nSPS) is 7.87. The van der Waals surface area contributed by atoms with Crippen molar-refractivity contribution in [1.82, 2.24) is 0 Å². The van der Waals surface area contributed by atoms with E-state index in [1.54, 1.807) is 0 Å². The van der Waals surface area contributed by atoms with E-state index in [4.69, 9.17) is 15.3 Å². The molecule has 15 heavy (non-hydrogen) atoms. The average Bonchev–Trinajstić information content (AvgIpc) is 2.17. The molecule has 0 heterocycles. The van der Waals surface area contributed by atoms with Crippen LogP contribution in [-0.4, -0.2) is 23.5 Å². The van der Waals surface area contributed by atoms with Crippen molar-refractivity contribution in [2.45, 2.75) is 13.8 Å². The molecule has 0 aliphatic carbocycles. The van der Waals surface area contributed by atoms with Gasteiger partial charge in [-0.2, -0.15) is 11.6 Å². The predicted octanol–water partition coefficient (Wildman–Crippen LogP) is -0.116. The first-order valence-electron chi connectivity index (χ1n) is 3.35. The molecule has 0 bridgehead atoms. The Bertz CT molecular complexity index is 289. The molecule has 0 aliphatic heterocycles. The summed E-state index contributed by atoms with van der Waals surface area (Å²) in [7, 11) is 0. The number of carbonyl (C=O) groups is 4. The van der Waals surface area contributed by atoms with Gasteiger partial charge in [0, 0.05) is 6.92 Å². The van der Waals surface area contributed by atoms with Crippen LogP contribution in [0.5, 0.6) is 0 Å². The summed E-state index contributed by atoms with van der Waals surface area (Å²) in [5.41, 5.74) is 0. The zero-order chi connectivity index (χ0) is 12.6. The van der Waals surface area contributed by atoms with Crippen LogP contribution in [0, 0.1) is 5.38 Å². The summed E-state index contributed by atoms with van der Waals surface area (Å²) >= 11 is 6.21. The molecule has 0 spiro atoms. The minimum absolute atomic E-state index is 0.757. The summed E-state index contributed by atoms with van der Waals surface area (Å²) in [6.07, 6.45) is 0. The molecule has 0 aromatic heterocycles. The fourth-order valence-corrected chi connectivity index (χ4v) is 0.504. The molecular formula is C7H6ClO6V-. The zero-order valence-electron chi connectivity index (χ0n) is 7.77. The van der Waals surface area contributed by atoms with E-state index in [9.17, 15) is 19.2 Å². The Morgan fingerprint density at radius 1 is 1.13 bits per heavy atom. The molecule has 0 unspecified atom stereocenters. The molecule has 0 saturated heterocycles. The summed E-state index contributed by atoms with van der Waals surface area (Å²) in [4.78, 5) is 42.2. The van der Waals surface area contributed by atoms with Gasteiger partial charge in [0.1, 0.15) is 5.78 Å². The second kappa shape index (κ2) is 8.34. The van der Waals surface area contributed by atoms with Gasteiger partial charge in [-0.05, 0) is 12.3 Å². The molecule has 0 amide bonds. The molecule has 83 valence electrons. The van der Waals surface area contributed by atoms with Crippen LogP contribution in [0.3, 0.4) is 0 Å². The van der Waals surface area contributed by atoms with Gasteiger partial charge in [0.25, 0.3) is 5.97 Å². The van der Waals surface area contributed by atoms with Gasteiger partial charge in [0.05, 0.1) is 5.78 Å². The van der Waals surface area contributed by atoms with Gasteiger partial charge in [-0.15, -0.1) is 0 Å². The Morgan fingerprint density at radius 2 is 1.53 bits per heavy atom. The number of ketones is 2. The summed E-state index contributed by atoms with van der Waals surface area (Å²) in [6, 6.07) is 0. The number of rotatable bonds is 3. The Balaban J connectivity index is 0. The van der Waals surface area contributed by atoms with E-state index in [-0.39, 0.29) is 0 Å². The van der Waals surface area contributed by atoms with Gasteiger partial charge in [-0.3, -0.25) is 4.79 Å². The Hall–Kier alpha value is -0.976. The van der Waals surface area contributed by atoms with Crippen molar-refractivity contribution in [3.63, 3.8) is 0 Å². The van der Waals surface area contributed by atoms with Crippen molar-refractivity contribution in [2.24, 2.45) is 0 Å². The first-order valence-corrected chi connectivity index (χ1v) is 4.29. The Labute approximate surface area is 99.5 Å². The van der Waals surface area contributed by atoms with Crippen LogP contribution in [0.4, 0.5) is 0 Å². The van der Waals surface area contributed by atoms with Crippen molar-refractivity contribution in [3.05, 3.63) is 5.38 Å².